The number of allylic oxidation sites excluding steroid dienone is 2. The van der Waals surface area contributed by atoms with Gasteiger partial charge in [0.1, 0.15) is -0.565 Å². The van der Waals surface area contributed by atoms with E-state index in [-0.39, 0.29) is 17.4 Å². The van der Waals surface area contributed by atoms with Gasteiger partial charge in [-0.25, -0.2) is 0 Å². The third kappa shape index (κ3) is 12.2. The van der Waals surface area contributed by atoms with Crippen LogP contribution in [-0.4, -0.2) is 60.1 Å². The van der Waals surface area contributed by atoms with Crippen molar-refractivity contribution in [2.24, 2.45) is 35.5 Å². The highest BCUT2D eigenvalue weighted by Crippen LogP contribution is 2.47. The van der Waals surface area contributed by atoms with Gasteiger partial charge in [0.15, 0.2) is 0 Å². The Morgan fingerprint density at radius 1 is 1.12 bits per heavy atom. The molecule has 1 amide bonds. The Labute approximate surface area is 304 Å². The van der Waals surface area contributed by atoms with E-state index in [0.29, 0.717) is 23.8 Å². The van der Waals surface area contributed by atoms with Crippen LogP contribution in [0.2, 0.25) is 0 Å². The number of alkyl halides is 3. The molecule has 0 aromatic heterocycles. The topological polar surface area (TPSA) is 59.6 Å². The molecule has 2 aliphatic heterocycles. The average molecular weight is 936 g/mol. The summed E-state index contributed by atoms with van der Waals surface area (Å²) in [4.78, 5) is 17.7. The average Bonchev–Trinajstić information content (AvgIpc) is 2.92. The highest BCUT2D eigenvalue weighted by molar-refractivity contribution is 14.3. The Kier molecular flexibility index (Phi) is 17.1. The quantitative estimate of drug-likeness (QED) is 0.0479. The van der Waals surface area contributed by atoms with Crippen molar-refractivity contribution in [1.29, 1.82) is 0 Å². The molecule has 7 atom stereocenters. The summed E-state index contributed by atoms with van der Waals surface area (Å²) in [5.41, 5.74) is 8.54. The minimum Gasteiger partial charge on any atom is -0.304 e. The van der Waals surface area contributed by atoms with Crippen LogP contribution in [0.3, 0.4) is 0 Å². The largest absolute Gasteiger partial charge is 0.304 e. The molecule has 2 heterocycles. The summed E-state index contributed by atoms with van der Waals surface area (Å²) in [5, 5.41) is 3.72. The molecule has 1 saturated carbocycles. The van der Waals surface area contributed by atoms with E-state index in [1.165, 1.54) is 57.2 Å². The first kappa shape index (κ1) is 38.4. The molecule has 1 aliphatic carbocycles. The van der Waals surface area contributed by atoms with Gasteiger partial charge in [-0.15, -0.1) is 0 Å². The molecule has 0 bridgehead atoms. The van der Waals surface area contributed by atoms with Crippen molar-refractivity contribution in [2.75, 3.05) is 32.7 Å². The molecule has 3 aliphatic rings. The maximum Gasteiger partial charge on any atom is 0.224 e. The smallest absolute Gasteiger partial charge is 0.224 e. The minimum absolute atomic E-state index is 0.0141. The fraction of sp³-hybridized carbons (Fsp3) is 0.853. The Morgan fingerprint density at radius 2 is 1.86 bits per heavy atom. The molecule has 43 heavy (non-hydrogen) atoms. The van der Waals surface area contributed by atoms with Crippen molar-refractivity contribution >= 4 is 73.7 Å². The van der Waals surface area contributed by atoms with E-state index in [4.69, 9.17) is 0 Å². The zero-order valence-electron chi connectivity index (χ0n) is 27.7. The molecule has 9 heteroatoms. The van der Waals surface area contributed by atoms with Crippen LogP contribution in [0.5, 0.6) is 0 Å². The number of likely N-dealkylation sites (tertiary alicyclic amines) is 1. The number of hydrogen-bond acceptors (Lipinski definition) is 5. The normalized spacial score (nSPS) is 27.5. The third-order valence-corrected chi connectivity index (χ3v) is 12.0. The highest BCUT2D eigenvalue weighted by Gasteiger charge is 2.40. The van der Waals surface area contributed by atoms with Crippen molar-refractivity contribution in [2.45, 2.75) is 111 Å². The van der Waals surface area contributed by atoms with E-state index < -0.39 is 0 Å². The standard InChI is InChI=1S/C34H60I3N5O/c1-7-16-39-40-26(5)33(29-12-9-13-29)30-14-17-38-32(21-30)42(27(6)43)19-15-25(4)31(34(35,36)37)20-28(8-2)23-41-18-10-11-24(3)22-41/h15,19-20,24-26,28-30,32-33,38-40H,7-14,16-18,21-23H2,1-6H3/b19-15-,31-20+/t24-,25?,26?,28?,30?,32-,33+/m0/s1. The number of nitrogens with one attached hydrogen (secondary N) is 3. The SMILES string of the molecule is CCCNNC(C)[C@H](C1CCC1)C1CCN[C@@H](N(/C=C\C(C)/C(=C\C(CC)CN2CCC[C@H](C)C2)C(I)(I)I)C(C)=O)C1. The second-order valence-corrected chi connectivity index (χ2v) is 24.8. The van der Waals surface area contributed by atoms with Crippen molar-refractivity contribution in [1.82, 2.24) is 26.0 Å². The number of hydrogen-bond donors (Lipinski definition) is 3. The van der Waals surface area contributed by atoms with Gasteiger partial charge in [0, 0.05) is 38.8 Å². The van der Waals surface area contributed by atoms with Gasteiger partial charge in [0.25, 0.3) is 0 Å². The minimum atomic E-state index is -0.0141. The lowest BCUT2D eigenvalue weighted by Gasteiger charge is -2.46. The Bertz CT molecular complexity index is 905. The highest BCUT2D eigenvalue weighted by atomic mass is 127. The maximum absolute atomic E-state index is 13.1. The monoisotopic (exact) mass is 935 g/mol. The molecule has 3 fully saturated rings. The second-order valence-electron chi connectivity index (χ2n) is 13.7. The van der Waals surface area contributed by atoms with Gasteiger partial charge >= 0.3 is 0 Å². The predicted molar refractivity (Wildman–Crippen MR) is 209 cm³/mol. The summed E-state index contributed by atoms with van der Waals surface area (Å²) >= 11 is 7.76. The number of halogens is 3. The van der Waals surface area contributed by atoms with E-state index in [2.05, 4.69) is 142 Å². The van der Waals surface area contributed by atoms with Crippen molar-refractivity contribution in [3.63, 3.8) is 0 Å². The molecule has 0 radical (unpaired) electrons. The summed E-state index contributed by atoms with van der Waals surface area (Å²) in [6.45, 7) is 18.9. The van der Waals surface area contributed by atoms with Gasteiger partial charge in [0.2, 0.25) is 5.91 Å². The molecule has 0 aromatic carbocycles. The summed E-state index contributed by atoms with van der Waals surface area (Å²) in [6, 6.07) is 0.429. The Balaban J connectivity index is 1.73. The van der Waals surface area contributed by atoms with Crippen LogP contribution in [0.15, 0.2) is 23.9 Å². The summed E-state index contributed by atoms with van der Waals surface area (Å²) in [6.07, 6.45) is 18.2. The Morgan fingerprint density at radius 3 is 2.44 bits per heavy atom. The predicted octanol–water partition coefficient (Wildman–Crippen LogP) is 8.26. The van der Waals surface area contributed by atoms with Crippen LogP contribution in [0, 0.1) is 35.5 Å². The number of hydrazine groups is 1. The van der Waals surface area contributed by atoms with E-state index in [9.17, 15) is 4.79 Å². The molecule has 0 aromatic rings. The van der Waals surface area contributed by atoms with Crippen LogP contribution in [-0.2, 0) is 4.79 Å². The first-order chi connectivity index (χ1) is 20.4. The van der Waals surface area contributed by atoms with Crippen molar-refractivity contribution in [3.8, 4) is 0 Å². The van der Waals surface area contributed by atoms with E-state index in [1.807, 2.05) is 4.90 Å². The lowest BCUT2D eigenvalue weighted by atomic mass is 9.65. The number of carbonyl (C=O) groups excluding carboxylic acids is 1. The molecule has 0 spiro atoms. The molecule has 6 nitrogen and oxygen atoms in total. The number of rotatable bonds is 16. The van der Waals surface area contributed by atoms with Gasteiger partial charge in [0.05, 0.1) is 6.17 Å². The Hall–Kier alpha value is 0.980. The fourth-order valence-corrected chi connectivity index (χ4v) is 9.57. The molecule has 3 rings (SSSR count). The molecule has 3 N–H and O–H groups in total. The lowest BCUT2D eigenvalue weighted by Crippen LogP contribution is -2.55. The lowest BCUT2D eigenvalue weighted by molar-refractivity contribution is -0.129. The number of amides is 1. The molecule has 2 saturated heterocycles. The molecule has 248 valence electrons. The van der Waals surface area contributed by atoms with Gasteiger partial charge in [-0.3, -0.25) is 21.0 Å². The zero-order valence-corrected chi connectivity index (χ0v) is 34.2. The summed E-state index contributed by atoms with van der Waals surface area (Å²) < 4.78 is -0.0141. The third-order valence-electron chi connectivity index (χ3n) is 10.2. The van der Waals surface area contributed by atoms with E-state index in [0.717, 1.165) is 50.7 Å². The maximum atomic E-state index is 13.1. The number of piperidine rings is 2. The van der Waals surface area contributed by atoms with Crippen molar-refractivity contribution < 1.29 is 4.79 Å². The van der Waals surface area contributed by atoms with E-state index >= 15 is 0 Å². The van der Waals surface area contributed by atoms with Crippen LogP contribution in [0.4, 0.5) is 0 Å². The summed E-state index contributed by atoms with van der Waals surface area (Å²) in [7, 11) is 0. The van der Waals surface area contributed by atoms with Crippen LogP contribution < -0.4 is 16.2 Å². The van der Waals surface area contributed by atoms with E-state index in [1.54, 1.807) is 6.92 Å². The van der Waals surface area contributed by atoms with Gasteiger partial charge in [-0.2, -0.15) is 0 Å². The van der Waals surface area contributed by atoms with Crippen LogP contribution >= 0.6 is 67.8 Å². The van der Waals surface area contributed by atoms with Crippen molar-refractivity contribution in [3.05, 3.63) is 23.9 Å². The first-order valence-corrected chi connectivity index (χ1v) is 20.4. The summed E-state index contributed by atoms with van der Waals surface area (Å²) in [5.74, 6) is 3.77. The second kappa shape index (κ2) is 19.1. The van der Waals surface area contributed by atoms with Gasteiger partial charge < -0.3 is 9.80 Å². The van der Waals surface area contributed by atoms with Crippen LogP contribution in [0.1, 0.15) is 99.3 Å². The molecular weight excluding hydrogens is 875 g/mol. The van der Waals surface area contributed by atoms with Gasteiger partial charge in [-0.05, 0) is 99.6 Å². The number of nitrogens with zero attached hydrogens (tertiary/aromatic N) is 2. The first-order valence-electron chi connectivity index (χ1n) is 17.1. The number of carbonyl (C=O) groups is 1. The zero-order chi connectivity index (χ0) is 31.6. The van der Waals surface area contributed by atoms with Gasteiger partial charge in [-0.1, -0.05) is 127 Å². The molecular formula is C34H60I3N5O. The fourth-order valence-electron chi connectivity index (χ4n) is 7.56. The van der Waals surface area contributed by atoms with Crippen LogP contribution in [0.25, 0.3) is 0 Å². The molecule has 4 unspecified atom stereocenters.